The van der Waals surface area contributed by atoms with Gasteiger partial charge in [0.1, 0.15) is 23.0 Å². The van der Waals surface area contributed by atoms with Gasteiger partial charge in [-0.25, -0.2) is 33.2 Å². The van der Waals surface area contributed by atoms with Crippen LogP contribution in [0.4, 0.5) is 30.9 Å². The van der Waals surface area contributed by atoms with Crippen LogP contribution in [0, 0.1) is 11.6 Å². The highest BCUT2D eigenvalue weighted by molar-refractivity contribution is 5.96. The second-order valence-corrected chi connectivity index (χ2v) is 7.84. The maximum absolute atomic E-state index is 14.2. The van der Waals surface area contributed by atoms with Crippen LogP contribution < -0.4 is 16.8 Å². The van der Waals surface area contributed by atoms with Gasteiger partial charge < -0.3 is 26.4 Å². The molecule has 13 heteroatoms. The minimum atomic E-state index is -0.598. The zero-order chi connectivity index (χ0) is 24.5. The molecule has 4 aromatic rings. The van der Waals surface area contributed by atoms with E-state index in [4.69, 9.17) is 16.2 Å². The number of fused-ring (bicyclic) bond motifs is 1. The molecule has 2 amide bonds. The van der Waals surface area contributed by atoms with Gasteiger partial charge in [-0.3, -0.25) is 0 Å². The minimum absolute atomic E-state index is 0.00838. The van der Waals surface area contributed by atoms with E-state index in [1.165, 1.54) is 16.8 Å². The Labute approximate surface area is 197 Å². The molecule has 0 radical (unpaired) electrons. The Morgan fingerprint density at radius 1 is 1.11 bits per heavy atom. The van der Waals surface area contributed by atoms with Crippen molar-refractivity contribution in [2.45, 2.75) is 6.54 Å². The van der Waals surface area contributed by atoms with E-state index in [2.05, 4.69) is 25.4 Å². The van der Waals surface area contributed by atoms with Gasteiger partial charge in [0.05, 0.1) is 31.3 Å². The molecule has 0 atom stereocenters. The maximum atomic E-state index is 14.2. The number of nitrogens with one attached hydrogen (secondary N) is 1. The fraction of sp³-hybridized carbons (Fsp3) is 0.227. The second-order valence-electron chi connectivity index (χ2n) is 7.84. The van der Waals surface area contributed by atoms with Crippen molar-refractivity contribution in [1.29, 1.82) is 0 Å². The molecule has 0 bridgehead atoms. The monoisotopic (exact) mass is 481 g/mol. The number of hydrogen-bond donors (Lipinski definition) is 3. The molecule has 1 aromatic carbocycles. The van der Waals surface area contributed by atoms with Crippen LogP contribution in [-0.4, -0.2) is 62.0 Å². The first-order valence-corrected chi connectivity index (χ1v) is 10.7. The summed E-state index contributed by atoms with van der Waals surface area (Å²) in [5.74, 6) is -1.18. The zero-order valence-corrected chi connectivity index (χ0v) is 18.4. The normalized spacial score (nSPS) is 13.8. The number of halogens is 2. The lowest BCUT2D eigenvalue weighted by atomic mass is 10.2. The van der Waals surface area contributed by atoms with Crippen molar-refractivity contribution in [2.75, 3.05) is 43.1 Å². The Bertz CT molecular complexity index is 1400. The molecule has 0 aliphatic carbocycles. The molecule has 0 saturated carbocycles. The fourth-order valence-corrected chi connectivity index (χ4v) is 3.78. The molecule has 1 aliphatic rings. The number of benzene rings is 1. The summed E-state index contributed by atoms with van der Waals surface area (Å²) in [5.41, 5.74) is 13.1. The Balaban J connectivity index is 1.52. The van der Waals surface area contributed by atoms with E-state index < -0.39 is 17.7 Å². The predicted octanol–water partition coefficient (Wildman–Crippen LogP) is 2.24. The van der Waals surface area contributed by atoms with Crippen molar-refractivity contribution >= 4 is 34.4 Å². The van der Waals surface area contributed by atoms with E-state index >= 15 is 0 Å². The van der Waals surface area contributed by atoms with Crippen molar-refractivity contribution in [3.63, 3.8) is 0 Å². The summed E-state index contributed by atoms with van der Waals surface area (Å²) in [6.07, 6.45) is 1.04. The molecular formula is C22H21F2N9O2. The van der Waals surface area contributed by atoms with Gasteiger partial charge in [-0.05, 0) is 12.1 Å². The van der Waals surface area contributed by atoms with Gasteiger partial charge in [-0.2, -0.15) is 5.10 Å². The molecule has 35 heavy (non-hydrogen) atoms. The summed E-state index contributed by atoms with van der Waals surface area (Å²) in [7, 11) is 0. The number of nitrogens with two attached hydrogens (primary N) is 2. The number of aromatic nitrogens is 5. The van der Waals surface area contributed by atoms with Crippen LogP contribution in [-0.2, 0) is 11.3 Å². The average molecular weight is 481 g/mol. The van der Waals surface area contributed by atoms with Gasteiger partial charge in [0.15, 0.2) is 23.1 Å². The highest BCUT2D eigenvalue weighted by Gasteiger charge is 2.23. The number of nitrogen functional groups attached to an aromatic ring is 2. The summed E-state index contributed by atoms with van der Waals surface area (Å²) in [6, 6.07) is 7.05. The van der Waals surface area contributed by atoms with Gasteiger partial charge in [-0.1, -0.05) is 18.2 Å². The van der Waals surface area contributed by atoms with Crippen LogP contribution in [0.2, 0.25) is 0 Å². The fourth-order valence-electron chi connectivity index (χ4n) is 3.78. The number of urea groups is 1. The van der Waals surface area contributed by atoms with Crippen molar-refractivity contribution in [2.24, 2.45) is 0 Å². The molecule has 1 saturated heterocycles. The Hall–Kier alpha value is -4.39. The van der Waals surface area contributed by atoms with Crippen LogP contribution in [0.1, 0.15) is 5.56 Å². The molecule has 180 valence electrons. The average Bonchev–Trinajstić information content (AvgIpc) is 3.20. The Morgan fingerprint density at radius 2 is 1.83 bits per heavy atom. The molecule has 5 rings (SSSR count). The summed E-state index contributed by atoms with van der Waals surface area (Å²) in [5, 5.41) is 7.39. The van der Waals surface area contributed by atoms with Crippen LogP contribution in [0.15, 0.2) is 36.5 Å². The molecule has 0 spiro atoms. The molecule has 1 aliphatic heterocycles. The van der Waals surface area contributed by atoms with Crippen LogP contribution in [0.25, 0.3) is 22.6 Å². The van der Waals surface area contributed by atoms with Crippen molar-refractivity contribution in [3.05, 3.63) is 53.7 Å². The third kappa shape index (κ3) is 4.40. The zero-order valence-electron chi connectivity index (χ0n) is 18.4. The lowest BCUT2D eigenvalue weighted by Crippen LogP contribution is -2.43. The van der Waals surface area contributed by atoms with E-state index in [0.717, 1.165) is 6.20 Å². The van der Waals surface area contributed by atoms with Crippen molar-refractivity contribution in [3.8, 4) is 11.5 Å². The summed E-state index contributed by atoms with van der Waals surface area (Å²) in [6.45, 7) is 1.76. The molecular weight excluding hydrogens is 460 g/mol. The molecule has 0 unspecified atom stereocenters. The third-order valence-electron chi connectivity index (χ3n) is 5.54. The largest absolute Gasteiger partial charge is 0.382 e. The van der Waals surface area contributed by atoms with Crippen molar-refractivity contribution in [1.82, 2.24) is 29.6 Å². The topological polar surface area (TPSA) is 150 Å². The first-order valence-electron chi connectivity index (χ1n) is 10.7. The smallest absolute Gasteiger partial charge is 0.322 e. The maximum Gasteiger partial charge on any atom is 0.322 e. The van der Waals surface area contributed by atoms with Gasteiger partial charge in [0.25, 0.3) is 0 Å². The standard InChI is InChI=1S/C22H21F2N9O2/c23-13-9-14-16(31-33(21(14)27-10-13)11-12-3-1-2-4-15(12)24)20-29-18(25)17(19(26)30-20)28-22(34)32-5-7-35-8-6-32/h1-4,9-10H,5-8,11H2,(H,28,34)(H4,25,26,29,30). The number of amides is 2. The lowest BCUT2D eigenvalue weighted by molar-refractivity contribution is 0.0564. The first kappa shape index (κ1) is 22.4. The summed E-state index contributed by atoms with van der Waals surface area (Å²) >= 11 is 0. The highest BCUT2D eigenvalue weighted by atomic mass is 19.1. The number of anilines is 3. The highest BCUT2D eigenvalue weighted by Crippen LogP contribution is 2.31. The first-order chi connectivity index (χ1) is 16.9. The van der Waals surface area contributed by atoms with Crippen molar-refractivity contribution < 1.29 is 18.3 Å². The molecule has 3 aromatic heterocycles. The number of nitrogens with zero attached hydrogens (tertiary/aromatic N) is 6. The quantitative estimate of drug-likeness (QED) is 0.402. The van der Waals surface area contributed by atoms with Crippen LogP contribution in [0.5, 0.6) is 0 Å². The molecule has 11 nitrogen and oxygen atoms in total. The summed E-state index contributed by atoms with van der Waals surface area (Å²) < 4.78 is 35.0. The third-order valence-corrected chi connectivity index (χ3v) is 5.54. The van der Waals surface area contributed by atoms with Gasteiger partial charge >= 0.3 is 6.03 Å². The van der Waals surface area contributed by atoms with E-state index in [-0.39, 0.29) is 35.4 Å². The summed E-state index contributed by atoms with van der Waals surface area (Å²) in [4.78, 5) is 26.7. The molecule has 5 N–H and O–H groups in total. The number of rotatable bonds is 4. The SMILES string of the molecule is Nc1nc(-c2nn(Cc3ccccc3F)c3ncc(F)cc23)nc(N)c1NC(=O)N1CCOCC1. The minimum Gasteiger partial charge on any atom is -0.382 e. The number of carbonyl (C=O) groups excluding carboxylic acids is 1. The van der Waals surface area contributed by atoms with Gasteiger partial charge in [0.2, 0.25) is 0 Å². The number of ether oxygens (including phenoxy) is 1. The lowest BCUT2D eigenvalue weighted by Gasteiger charge is -2.27. The molecule has 1 fully saturated rings. The van der Waals surface area contributed by atoms with Crippen LogP contribution in [0.3, 0.4) is 0 Å². The number of hydrogen-bond acceptors (Lipinski definition) is 8. The Kier molecular flexibility index (Phi) is 5.82. The van der Waals surface area contributed by atoms with E-state index in [9.17, 15) is 13.6 Å². The second kappa shape index (κ2) is 9.10. The number of pyridine rings is 1. The van der Waals surface area contributed by atoms with Crippen LogP contribution >= 0.6 is 0 Å². The number of carbonyl (C=O) groups is 1. The molecule has 4 heterocycles. The van der Waals surface area contributed by atoms with E-state index in [0.29, 0.717) is 42.9 Å². The van der Waals surface area contributed by atoms with E-state index in [1.807, 2.05) is 0 Å². The van der Waals surface area contributed by atoms with Gasteiger partial charge in [-0.15, -0.1) is 0 Å². The van der Waals surface area contributed by atoms with E-state index in [1.54, 1.807) is 23.1 Å². The van der Waals surface area contributed by atoms with Gasteiger partial charge in [0, 0.05) is 18.7 Å². The predicted molar refractivity (Wildman–Crippen MR) is 124 cm³/mol. The number of morpholine rings is 1. The Morgan fingerprint density at radius 3 is 2.54 bits per heavy atom.